The van der Waals surface area contributed by atoms with Crippen molar-refractivity contribution in [3.05, 3.63) is 28.7 Å². The molecule has 0 unspecified atom stereocenters. The molecule has 50 valence electrons. The molecule has 0 aromatic heterocycles. The minimum absolute atomic E-state index is 0. The molecule has 0 radical (unpaired) electrons. The van der Waals surface area contributed by atoms with Gasteiger partial charge in [0.05, 0.1) is 0 Å². The van der Waals surface area contributed by atoms with Crippen LogP contribution in [0.3, 0.4) is 0 Å². The Morgan fingerprint density at radius 3 is 1.89 bits per heavy atom. The van der Waals surface area contributed by atoms with E-state index in [0.717, 1.165) is 4.47 Å². The first-order valence-corrected chi connectivity index (χ1v) is 3.03. The third-order valence-corrected chi connectivity index (χ3v) is 1.36. The van der Waals surface area contributed by atoms with Gasteiger partial charge in [0, 0.05) is 4.47 Å². The highest BCUT2D eigenvalue weighted by atomic mass is 79.9. The Bertz CT molecular complexity index is 152. The number of hydrogen-bond donors (Lipinski definition) is 1. The summed E-state index contributed by atoms with van der Waals surface area (Å²) in [4.78, 5) is 0. The molecule has 1 N–H and O–H groups in total. The Kier molecular flexibility index (Phi) is 3.66. The second kappa shape index (κ2) is 3.75. The van der Waals surface area contributed by atoms with Gasteiger partial charge in [0.25, 0.3) is 0 Å². The van der Waals surface area contributed by atoms with Gasteiger partial charge in [0.2, 0.25) is 0 Å². The average molecular weight is 209 g/mol. The largest absolute Gasteiger partial charge is 0.508 e. The lowest BCUT2D eigenvalue weighted by molar-refractivity contribution is 0.475. The molecule has 9 heavy (non-hydrogen) atoms. The number of rotatable bonds is 0. The highest BCUT2D eigenvalue weighted by molar-refractivity contribution is 9.10. The Labute approximate surface area is 68.2 Å². The highest BCUT2D eigenvalue weighted by Gasteiger charge is 1.83. The van der Waals surface area contributed by atoms with Crippen LogP contribution in [0.15, 0.2) is 28.7 Å². The molecule has 0 aliphatic rings. The summed E-state index contributed by atoms with van der Waals surface area (Å²) in [5, 5.41) is 8.74. The van der Waals surface area contributed by atoms with E-state index in [2.05, 4.69) is 15.9 Å². The summed E-state index contributed by atoms with van der Waals surface area (Å²) in [5.74, 6) is 0.299. The Morgan fingerprint density at radius 2 is 1.56 bits per heavy atom. The van der Waals surface area contributed by atoms with E-state index in [0.29, 0.717) is 5.75 Å². The molecule has 0 saturated carbocycles. The van der Waals surface area contributed by atoms with Crippen LogP contribution in [-0.4, -0.2) is 5.11 Å². The van der Waals surface area contributed by atoms with Crippen molar-refractivity contribution < 1.29 is 5.11 Å². The molecule has 0 aliphatic carbocycles. The van der Waals surface area contributed by atoms with Crippen LogP contribution < -0.4 is 0 Å². The van der Waals surface area contributed by atoms with E-state index < -0.39 is 0 Å². The number of phenolic OH excluding ortho intramolecular Hbond substituents is 1. The summed E-state index contributed by atoms with van der Waals surface area (Å²) in [6, 6.07) is 6.83. The molecular formula is C6H6BrClO. The van der Waals surface area contributed by atoms with Crippen molar-refractivity contribution in [2.45, 2.75) is 0 Å². The third-order valence-electron chi connectivity index (χ3n) is 0.827. The third kappa shape index (κ3) is 2.72. The van der Waals surface area contributed by atoms with Crippen molar-refractivity contribution in [2.24, 2.45) is 0 Å². The van der Waals surface area contributed by atoms with Crippen LogP contribution in [0.1, 0.15) is 0 Å². The van der Waals surface area contributed by atoms with E-state index in [-0.39, 0.29) is 12.4 Å². The van der Waals surface area contributed by atoms with Crippen molar-refractivity contribution >= 4 is 28.3 Å². The zero-order chi connectivity index (χ0) is 5.98. The zero-order valence-electron chi connectivity index (χ0n) is 4.54. The van der Waals surface area contributed by atoms with Crippen LogP contribution >= 0.6 is 28.3 Å². The summed E-state index contributed by atoms with van der Waals surface area (Å²) in [6.07, 6.45) is 0. The molecule has 1 aromatic rings. The van der Waals surface area contributed by atoms with Gasteiger partial charge in [-0.15, -0.1) is 12.4 Å². The number of aromatic hydroxyl groups is 1. The van der Waals surface area contributed by atoms with Crippen molar-refractivity contribution in [2.75, 3.05) is 0 Å². The minimum Gasteiger partial charge on any atom is -0.508 e. The number of halogens is 2. The van der Waals surface area contributed by atoms with E-state index in [1.54, 1.807) is 24.3 Å². The Morgan fingerprint density at radius 1 is 1.11 bits per heavy atom. The fourth-order valence-electron chi connectivity index (χ4n) is 0.441. The molecule has 0 aliphatic heterocycles. The van der Waals surface area contributed by atoms with Crippen LogP contribution in [0.5, 0.6) is 5.75 Å². The van der Waals surface area contributed by atoms with Crippen molar-refractivity contribution in [1.29, 1.82) is 0 Å². The predicted octanol–water partition coefficient (Wildman–Crippen LogP) is 2.58. The quantitative estimate of drug-likeness (QED) is 0.696. The van der Waals surface area contributed by atoms with Gasteiger partial charge in [-0.1, -0.05) is 15.9 Å². The topological polar surface area (TPSA) is 20.2 Å². The summed E-state index contributed by atoms with van der Waals surface area (Å²) in [7, 11) is 0. The Balaban J connectivity index is 0.000000640. The molecule has 0 amide bonds. The van der Waals surface area contributed by atoms with Gasteiger partial charge in [-0.3, -0.25) is 0 Å². The van der Waals surface area contributed by atoms with Gasteiger partial charge >= 0.3 is 0 Å². The lowest BCUT2D eigenvalue weighted by atomic mass is 10.3. The normalized spacial score (nSPS) is 8.11. The maximum absolute atomic E-state index is 8.74. The molecule has 0 saturated heterocycles. The Hall–Kier alpha value is -0.210. The molecular weight excluding hydrogens is 203 g/mol. The van der Waals surface area contributed by atoms with E-state index >= 15 is 0 Å². The second-order valence-electron chi connectivity index (χ2n) is 1.48. The summed E-state index contributed by atoms with van der Waals surface area (Å²) in [5.41, 5.74) is 0. The van der Waals surface area contributed by atoms with Gasteiger partial charge in [-0.25, -0.2) is 0 Å². The van der Waals surface area contributed by atoms with Gasteiger partial charge in [-0.05, 0) is 24.3 Å². The standard InChI is InChI=1S/C6H5BrO.ClH/c7-5-1-3-6(8)4-2-5;/h1-4,8H;1H. The first kappa shape index (κ1) is 8.79. The summed E-state index contributed by atoms with van der Waals surface area (Å²) >= 11 is 3.23. The van der Waals surface area contributed by atoms with Gasteiger partial charge in [0.15, 0.2) is 0 Å². The molecule has 0 atom stereocenters. The molecule has 1 aromatic carbocycles. The number of hydrogen-bond acceptors (Lipinski definition) is 1. The van der Waals surface area contributed by atoms with E-state index in [9.17, 15) is 0 Å². The fourth-order valence-corrected chi connectivity index (χ4v) is 0.705. The maximum atomic E-state index is 8.74. The minimum atomic E-state index is 0. The smallest absolute Gasteiger partial charge is 0.115 e. The molecule has 0 heterocycles. The highest BCUT2D eigenvalue weighted by Crippen LogP contribution is 2.13. The van der Waals surface area contributed by atoms with Gasteiger partial charge in [0.1, 0.15) is 5.75 Å². The number of phenols is 1. The summed E-state index contributed by atoms with van der Waals surface area (Å²) in [6.45, 7) is 0. The summed E-state index contributed by atoms with van der Waals surface area (Å²) < 4.78 is 0.982. The first-order valence-electron chi connectivity index (χ1n) is 2.23. The van der Waals surface area contributed by atoms with E-state index in [4.69, 9.17) is 5.11 Å². The zero-order valence-corrected chi connectivity index (χ0v) is 6.95. The molecule has 0 bridgehead atoms. The van der Waals surface area contributed by atoms with Gasteiger partial charge in [-0.2, -0.15) is 0 Å². The van der Waals surface area contributed by atoms with Crippen LogP contribution in [0.2, 0.25) is 0 Å². The lowest BCUT2D eigenvalue weighted by Crippen LogP contribution is -1.61. The molecule has 1 nitrogen and oxygen atoms in total. The van der Waals surface area contributed by atoms with Crippen LogP contribution in [0.4, 0.5) is 0 Å². The van der Waals surface area contributed by atoms with Crippen LogP contribution in [-0.2, 0) is 0 Å². The SMILES string of the molecule is Cl.Oc1ccc(Br)cc1. The average Bonchev–Trinajstić information content (AvgIpc) is 1.77. The predicted molar refractivity (Wildman–Crippen MR) is 43.1 cm³/mol. The maximum Gasteiger partial charge on any atom is 0.115 e. The van der Waals surface area contributed by atoms with Crippen molar-refractivity contribution in [3.63, 3.8) is 0 Å². The van der Waals surface area contributed by atoms with Gasteiger partial charge < -0.3 is 5.11 Å². The molecule has 0 fully saturated rings. The number of benzene rings is 1. The molecule has 1 rings (SSSR count). The lowest BCUT2D eigenvalue weighted by Gasteiger charge is -1.87. The molecule has 0 spiro atoms. The monoisotopic (exact) mass is 208 g/mol. The fraction of sp³-hybridized carbons (Fsp3) is 0. The molecule has 3 heteroatoms. The van der Waals surface area contributed by atoms with Crippen molar-refractivity contribution in [1.82, 2.24) is 0 Å². The van der Waals surface area contributed by atoms with Crippen LogP contribution in [0.25, 0.3) is 0 Å². The van der Waals surface area contributed by atoms with Crippen molar-refractivity contribution in [3.8, 4) is 5.75 Å². The van der Waals surface area contributed by atoms with Crippen LogP contribution in [0, 0.1) is 0 Å². The second-order valence-corrected chi connectivity index (χ2v) is 2.39. The van der Waals surface area contributed by atoms with E-state index in [1.165, 1.54) is 0 Å². The van der Waals surface area contributed by atoms with E-state index in [1.807, 2.05) is 0 Å². The first-order chi connectivity index (χ1) is 3.79.